The number of aromatic nitrogens is 4. The summed E-state index contributed by atoms with van der Waals surface area (Å²) in [6.07, 6.45) is 0. The van der Waals surface area contributed by atoms with Crippen LogP contribution in [-0.4, -0.2) is 18.3 Å². The lowest BCUT2D eigenvalue weighted by molar-refractivity contribution is 0.669. The van der Waals surface area contributed by atoms with Crippen LogP contribution in [0.25, 0.3) is 176 Å². The third-order valence-corrected chi connectivity index (χ3v) is 19.1. The third-order valence-electron chi connectivity index (χ3n) is 19.1. The summed E-state index contributed by atoms with van der Waals surface area (Å²) in [6, 6.07) is 110. The number of fused-ring (bicyclic) bond motifs is 20. The van der Waals surface area contributed by atoms with E-state index in [1.165, 1.54) is 32.3 Å². The molecule has 0 aliphatic carbocycles. The number of para-hydroxylation sites is 8. The summed E-state index contributed by atoms with van der Waals surface area (Å²) in [5, 5.41) is 34.3. The van der Waals surface area contributed by atoms with Crippen LogP contribution in [0.15, 0.2) is 312 Å². The number of rotatable bonds is 6. The van der Waals surface area contributed by atoms with Gasteiger partial charge in [0.25, 0.3) is 0 Å². The van der Waals surface area contributed by atoms with Gasteiger partial charge >= 0.3 is 0 Å². The first-order valence-corrected chi connectivity index (χ1v) is 31.5. The number of hydrogen-bond acceptors (Lipinski definition) is 4. The Morgan fingerprint density at radius 3 is 1.33 bits per heavy atom. The second-order valence-electron chi connectivity index (χ2n) is 24.1. The van der Waals surface area contributed by atoms with Crippen molar-refractivity contribution in [3.8, 4) is 57.1 Å². The van der Waals surface area contributed by atoms with E-state index >= 15 is 0 Å². The smallest absolute Gasteiger partial charge is 0.145 e. The highest BCUT2D eigenvalue weighted by Crippen LogP contribution is 2.46. The number of nitriles is 2. The molecule has 8 nitrogen and oxygen atoms in total. The first-order chi connectivity index (χ1) is 46.6. The fraction of sp³-hybridized carbons (Fsp3) is 0. The number of furan rings is 2. The summed E-state index contributed by atoms with van der Waals surface area (Å²) in [7, 11) is 0. The van der Waals surface area contributed by atoms with Gasteiger partial charge in [0.15, 0.2) is 0 Å². The number of hydrogen-bond donors (Lipinski definition) is 0. The predicted octanol–water partition coefficient (Wildman–Crippen LogP) is 22.6. The van der Waals surface area contributed by atoms with Crippen LogP contribution in [-0.2, 0) is 0 Å². The van der Waals surface area contributed by atoms with E-state index in [1.807, 2.05) is 48.5 Å². The molecule has 0 N–H and O–H groups in total. The van der Waals surface area contributed by atoms with E-state index in [1.54, 1.807) is 0 Å². The Balaban J connectivity index is 0.000000133. The molecule has 0 unspecified atom stereocenters. The van der Waals surface area contributed by atoms with Gasteiger partial charge in [-0.3, -0.25) is 0 Å². The summed E-state index contributed by atoms with van der Waals surface area (Å²) >= 11 is 0. The summed E-state index contributed by atoms with van der Waals surface area (Å²) in [5.41, 5.74) is 21.8. The van der Waals surface area contributed by atoms with E-state index in [2.05, 4.69) is 285 Å². The van der Waals surface area contributed by atoms with Crippen LogP contribution in [0.4, 0.5) is 0 Å². The highest BCUT2D eigenvalue weighted by molar-refractivity contribution is 6.28. The largest absolute Gasteiger partial charge is 0.456 e. The molecule has 0 amide bonds. The first kappa shape index (κ1) is 52.8. The van der Waals surface area contributed by atoms with Crippen LogP contribution in [0.2, 0.25) is 0 Å². The zero-order chi connectivity index (χ0) is 62.1. The zero-order valence-corrected chi connectivity index (χ0v) is 50.4. The number of benzene rings is 14. The second kappa shape index (κ2) is 20.7. The summed E-state index contributed by atoms with van der Waals surface area (Å²) < 4.78 is 22.1. The van der Waals surface area contributed by atoms with E-state index in [0.717, 1.165) is 144 Å². The second-order valence-corrected chi connectivity index (χ2v) is 24.1. The lowest BCUT2D eigenvalue weighted by atomic mass is 9.97. The molecule has 20 rings (SSSR count). The van der Waals surface area contributed by atoms with Gasteiger partial charge in [-0.2, -0.15) is 10.5 Å². The molecule has 0 aliphatic heterocycles. The van der Waals surface area contributed by atoms with Gasteiger partial charge < -0.3 is 27.1 Å². The molecule has 0 radical (unpaired) electrons. The van der Waals surface area contributed by atoms with Crippen LogP contribution < -0.4 is 0 Å². The van der Waals surface area contributed by atoms with Crippen LogP contribution in [0.5, 0.6) is 0 Å². The van der Waals surface area contributed by atoms with Crippen molar-refractivity contribution in [3.05, 3.63) is 314 Å². The Labute approximate surface area is 537 Å². The molecule has 14 aromatic carbocycles. The topological polar surface area (TPSA) is 93.6 Å². The SMILES string of the molecule is N#Cc1ccc(-n2c3ccccc3c3ccccc32)c(-c2cccc(-n3c4ccccc4c4c5c(ccc43)oc3ccccc35)c2)c1.N#Cc1cccc(-n2c3ccccc3c3ccccc32)c1-c1cccc(-n2c3ccccc3c3c4oc5ccccc5c4ccc32)c1. The Kier molecular flexibility index (Phi) is 11.6. The van der Waals surface area contributed by atoms with Gasteiger partial charge in [-0.25, -0.2) is 0 Å². The summed E-state index contributed by atoms with van der Waals surface area (Å²) in [4.78, 5) is 0. The van der Waals surface area contributed by atoms with E-state index in [0.29, 0.717) is 11.1 Å². The summed E-state index contributed by atoms with van der Waals surface area (Å²) in [5.74, 6) is 0. The molecule has 0 saturated heterocycles. The lowest BCUT2D eigenvalue weighted by Crippen LogP contribution is -2.00. The molecule has 6 heterocycles. The number of nitrogens with zero attached hydrogens (tertiary/aromatic N) is 6. The van der Waals surface area contributed by atoms with E-state index in [9.17, 15) is 10.5 Å². The molecule has 20 aromatic rings. The van der Waals surface area contributed by atoms with Gasteiger partial charge in [-0.1, -0.05) is 176 Å². The van der Waals surface area contributed by atoms with Crippen molar-refractivity contribution in [1.29, 1.82) is 10.5 Å². The van der Waals surface area contributed by atoms with Crippen molar-refractivity contribution in [2.45, 2.75) is 0 Å². The minimum Gasteiger partial charge on any atom is -0.456 e. The summed E-state index contributed by atoms with van der Waals surface area (Å²) in [6.45, 7) is 0. The molecule has 94 heavy (non-hydrogen) atoms. The minimum atomic E-state index is 0.626. The van der Waals surface area contributed by atoms with Crippen LogP contribution >= 0.6 is 0 Å². The standard InChI is InChI=1S/2C43H25N3O/c44-26-28-12-10-21-38(46-35-18-5-1-14-30(35)31-15-2-6-19-36(31)46)41(28)27-11-9-13-29(25-27)45-37-20-7-3-17-34(37)42-39(45)24-23-33-32-16-4-8-22-40(32)47-43(33)42;44-26-27-20-21-38(46-35-16-5-1-12-30(35)31-13-2-6-17-36(31)46)34(24-27)28-10-9-11-29(25-28)45-37-18-7-3-14-32(37)42-39(45)22-23-41-43(42)33-15-4-8-19-40(33)47-41/h2*1-25H. The maximum Gasteiger partial charge on any atom is 0.145 e. The fourth-order valence-electron chi connectivity index (χ4n) is 15.2. The normalized spacial score (nSPS) is 11.8. The maximum atomic E-state index is 10.4. The highest BCUT2D eigenvalue weighted by Gasteiger charge is 2.24. The van der Waals surface area contributed by atoms with E-state index < -0.39 is 0 Å². The molecule has 6 aromatic heterocycles. The van der Waals surface area contributed by atoms with Crippen molar-refractivity contribution in [2.24, 2.45) is 0 Å². The lowest BCUT2D eigenvalue weighted by Gasteiger charge is -2.17. The van der Waals surface area contributed by atoms with Crippen molar-refractivity contribution in [2.75, 3.05) is 0 Å². The van der Waals surface area contributed by atoms with Gasteiger partial charge in [-0.05, 0) is 139 Å². The van der Waals surface area contributed by atoms with Gasteiger partial charge in [0, 0.05) is 81.8 Å². The van der Waals surface area contributed by atoms with Gasteiger partial charge in [0.2, 0.25) is 0 Å². The van der Waals surface area contributed by atoms with Crippen LogP contribution in [0.3, 0.4) is 0 Å². The Morgan fingerprint density at radius 1 is 0.266 bits per heavy atom. The first-order valence-electron chi connectivity index (χ1n) is 31.5. The minimum absolute atomic E-state index is 0.626. The van der Waals surface area contributed by atoms with Crippen molar-refractivity contribution < 1.29 is 8.83 Å². The molecule has 0 fully saturated rings. The monoisotopic (exact) mass is 1200 g/mol. The van der Waals surface area contributed by atoms with Crippen molar-refractivity contribution in [1.82, 2.24) is 18.3 Å². The maximum absolute atomic E-state index is 10.4. The van der Waals surface area contributed by atoms with Crippen molar-refractivity contribution in [3.63, 3.8) is 0 Å². The van der Waals surface area contributed by atoms with E-state index in [-0.39, 0.29) is 0 Å². The molecular formula is C86H50N6O2. The fourth-order valence-corrected chi connectivity index (χ4v) is 15.2. The highest BCUT2D eigenvalue weighted by atomic mass is 16.3. The predicted molar refractivity (Wildman–Crippen MR) is 385 cm³/mol. The molecule has 0 atom stereocenters. The molecular weight excluding hydrogens is 1150 g/mol. The molecule has 8 heteroatoms. The Bertz CT molecular complexity index is 6560. The van der Waals surface area contributed by atoms with Crippen LogP contribution in [0.1, 0.15) is 11.1 Å². The Hall–Kier alpha value is -13.1. The van der Waals surface area contributed by atoms with Gasteiger partial charge in [-0.15, -0.1) is 0 Å². The molecule has 0 aliphatic rings. The Morgan fingerprint density at radius 2 is 0.734 bits per heavy atom. The quantitative estimate of drug-likeness (QED) is 0.166. The third kappa shape index (κ3) is 7.78. The van der Waals surface area contributed by atoms with Gasteiger partial charge in [0.1, 0.15) is 22.3 Å². The van der Waals surface area contributed by atoms with Crippen molar-refractivity contribution >= 4 is 131 Å². The molecule has 0 bridgehead atoms. The molecule has 0 spiro atoms. The van der Waals surface area contributed by atoms with Crippen LogP contribution in [0, 0.1) is 22.7 Å². The van der Waals surface area contributed by atoms with Gasteiger partial charge in [0.05, 0.1) is 84.2 Å². The zero-order valence-electron chi connectivity index (χ0n) is 50.4. The van der Waals surface area contributed by atoms with E-state index in [4.69, 9.17) is 8.83 Å². The average Bonchev–Trinajstić information content (AvgIpc) is 1.44. The molecule has 436 valence electrons. The average molecular weight is 1200 g/mol. The molecule has 0 saturated carbocycles.